The van der Waals surface area contributed by atoms with E-state index in [0.29, 0.717) is 5.15 Å². The fraction of sp³-hybridized carbons (Fsp3) is 0.400. The molecule has 1 unspecified atom stereocenters. The summed E-state index contributed by atoms with van der Waals surface area (Å²) in [7, 11) is 0. The number of halogens is 1. The number of ether oxygens (including phenoxy) is 1. The summed E-state index contributed by atoms with van der Waals surface area (Å²) in [6, 6.07) is 7.32. The minimum atomic E-state index is -0.749. The fourth-order valence-corrected chi connectivity index (χ4v) is 3.92. The maximum Gasteiger partial charge on any atom is 0.131 e. The van der Waals surface area contributed by atoms with E-state index < -0.39 is 11.7 Å². The zero-order valence-corrected chi connectivity index (χ0v) is 16.5. The molecule has 0 saturated carbocycles. The molecule has 7 heteroatoms. The van der Waals surface area contributed by atoms with Gasteiger partial charge in [-0.2, -0.15) is 5.10 Å². The maximum absolute atomic E-state index is 11.0. The van der Waals surface area contributed by atoms with Gasteiger partial charge in [0.05, 0.1) is 17.7 Å². The van der Waals surface area contributed by atoms with Crippen LogP contribution in [0.2, 0.25) is 5.15 Å². The molecule has 0 saturated heterocycles. The normalized spacial score (nSPS) is 22.3. The molecule has 27 heavy (non-hydrogen) atoms. The van der Waals surface area contributed by atoms with E-state index in [-0.39, 0.29) is 12.2 Å². The average Bonchev–Trinajstić information content (AvgIpc) is 3.12. The topological polar surface area (TPSA) is 72.2 Å². The Morgan fingerprint density at radius 2 is 2.11 bits per heavy atom. The smallest absolute Gasteiger partial charge is 0.131 e. The molecule has 6 nitrogen and oxygen atoms in total. The minimum Gasteiger partial charge on any atom is -0.485 e. The molecular weight excluding hydrogens is 364 g/mol. The summed E-state index contributed by atoms with van der Waals surface area (Å²) in [5, 5.41) is 20.2. The van der Waals surface area contributed by atoms with Crippen LogP contribution in [0.15, 0.2) is 36.7 Å². The number of pyridine rings is 1. The molecular formula is C20H23ClN4O2. The molecule has 0 fully saturated rings. The van der Waals surface area contributed by atoms with E-state index in [1.54, 1.807) is 6.20 Å². The highest BCUT2D eigenvalue weighted by Gasteiger charge is 2.43. The van der Waals surface area contributed by atoms with Crippen LogP contribution in [0.25, 0.3) is 10.9 Å². The Kier molecular flexibility index (Phi) is 4.37. The van der Waals surface area contributed by atoms with E-state index in [1.807, 2.05) is 62.8 Å². The lowest BCUT2D eigenvalue weighted by Crippen LogP contribution is -2.53. The van der Waals surface area contributed by atoms with Crippen molar-refractivity contribution in [1.82, 2.24) is 20.1 Å². The molecule has 1 aromatic carbocycles. The van der Waals surface area contributed by atoms with E-state index in [9.17, 15) is 5.11 Å². The van der Waals surface area contributed by atoms with Crippen molar-refractivity contribution in [3.05, 3.63) is 52.9 Å². The van der Waals surface area contributed by atoms with Crippen molar-refractivity contribution in [2.24, 2.45) is 0 Å². The van der Waals surface area contributed by atoms with E-state index in [4.69, 9.17) is 16.3 Å². The van der Waals surface area contributed by atoms with E-state index in [0.717, 1.165) is 27.8 Å². The lowest BCUT2D eigenvalue weighted by molar-refractivity contribution is -0.0679. The molecule has 2 N–H and O–H groups in total. The highest BCUT2D eigenvalue weighted by atomic mass is 35.5. The first-order chi connectivity index (χ1) is 12.8. The van der Waals surface area contributed by atoms with Gasteiger partial charge in [0.2, 0.25) is 0 Å². The molecule has 0 radical (unpaired) electrons. The Morgan fingerprint density at radius 1 is 1.33 bits per heavy atom. The third-order valence-corrected chi connectivity index (χ3v) is 5.39. The van der Waals surface area contributed by atoms with Crippen LogP contribution >= 0.6 is 11.6 Å². The van der Waals surface area contributed by atoms with Crippen molar-refractivity contribution in [2.75, 3.05) is 0 Å². The number of benzene rings is 1. The lowest BCUT2D eigenvalue weighted by Gasteiger charge is -2.43. The number of aliphatic hydroxyl groups excluding tert-OH is 1. The average molecular weight is 387 g/mol. The summed E-state index contributed by atoms with van der Waals surface area (Å²) in [5.74, 6) is 0.746. The number of rotatable bonds is 3. The Hall–Kier alpha value is -2.15. The Morgan fingerprint density at radius 3 is 2.81 bits per heavy atom. The SMILES string of the molecule is Cc1cc(Cl)nc2cc3c(cc12)OC(C)(C)[C@H](O)[C@H]3NC(C)n1cccn1. The summed E-state index contributed by atoms with van der Waals surface area (Å²) in [6.07, 6.45) is 2.77. The highest BCUT2D eigenvalue weighted by molar-refractivity contribution is 6.29. The van der Waals surface area contributed by atoms with Crippen LogP contribution in [0.5, 0.6) is 5.75 Å². The largest absolute Gasteiger partial charge is 0.485 e. The molecule has 142 valence electrons. The molecule has 3 aromatic rings. The zero-order valence-electron chi connectivity index (χ0n) is 15.8. The van der Waals surface area contributed by atoms with Crippen LogP contribution in [-0.2, 0) is 0 Å². The Bertz CT molecular complexity index is 987. The van der Waals surface area contributed by atoms with Crippen LogP contribution in [0, 0.1) is 6.92 Å². The number of fused-ring (bicyclic) bond motifs is 2. The predicted molar refractivity (Wildman–Crippen MR) is 105 cm³/mol. The fourth-order valence-electron chi connectivity index (χ4n) is 3.67. The summed E-state index contributed by atoms with van der Waals surface area (Å²) in [5.41, 5.74) is 1.95. The second-order valence-corrected chi connectivity index (χ2v) is 8.01. The number of aromatic nitrogens is 3. The van der Waals surface area contributed by atoms with Crippen LogP contribution in [0.4, 0.5) is 0 Å². The maximum atomic E-state index is 11.0. The monoisotopic (exact) mass is 386 g/mol. The van der Waals surface area contributed by atoms with Crippen molar-refractivity contribution in [3.63, 3.8) is 0 Å². The van der Waals surface area contributed by atoms with Gasteiger partial charge in [-0.3, -0.25) is 10.00 Å². The summed E-state index contributed by atoms with van der Waals surface area (Å²) >= 11 is 6.15. The molecule has 3 atom stereocenters. The number of hydrogen-bond acceptors (Lipinski definition) is 5. The lowest BCUT2D eigenvalue weighted by atomic mass is 9.85. The number of nitrogens with one attached hydrogen (secondary N) is 1. The predicted octanol–water partition coefficient (Wildman–Crippen LogP) is 3.77. The van der Waals surface area contributed by atoms with Gasteiger partial charge < -0.3 is 9.84 Å². The first-order valence-electron chi connectivity index (χ1n) is 8.99. The Balaban J connectivity index is 1.82. The molecule has 4 rings (SSSR count). The quantitative estimate of drug-likeness (QED) is 0.670. The molecule has 0 spiro atoms. The van der Waals surface area contributed by atoms with Gasteiger partial charge in [0, 0.05) is 23.3 Å². The molecule has 0 bridgehead atoms. The van der Waals surface area contributed by atoms with Gasteiger partial charge in [-0.05, 0) is 57.5 Å². The van der Waals surface area contributed by atoms with Crippen molar-refractivity contribution >= 4 is 22.5 Å². The van der Waals surface area contributed by atoms with Crippen molar-refractivity contribution in [3.8, 4) is 5.75 Å². The minimum absolute atomic E-state index is 0.105. The van der Waals surface area contributed by atoms with Gasteiger partial charge in [0.1, 0.15) is 22.6 Å². The van der Waals surface area contributed by atoms with Crippen molar-refractivity contribution < 1.29 is 9.84 Å². The van der Waals surface area contributed by atoms with Crippen LogP contribution in [0.3, 0.4) is 0 Å². The summed E-state index contributed by atoms with van der Waals surface area (Å²) in [6.45, 7) is 7.79. The van der Waals surface area contributed by atoms with Crippen molar-refractivity contribution in [1.29, 1.82) is 0 Å². The van der Waals surface area contributed by atoms with Gasteiger partial charge in [-0.1, -0.05) is 11.6 Å². The molecule has 2 aromatic heterocycles. The second-order valence-electron chi connectivity index (χ2n) is 7.63. The van der Waals surface area contributed by atoms with Gasteiger partial charge in [0.15, 0.2) is 0 Å². The van der Waals surface area contributed by atoms with E-state index >= 15 is 0 Å². The van der Waals surface area contributed by atoms with Crippen LogP contribution in [-0.4, -0.2) is 31.6 Å². The number of aliphatic hydroxyl groups is 1. The van der Waals surface area contributed by atoms with E-state index in [2.05, 4.69) is 15.4 Å². The van der Waals surface area contributed by atoms with Gasteiger partial charge in [-0.25, -0.2) is 4.98 Å². The summed E-state index contributed by atoms with van der Waals surface area (Å²) < 4.78 is 7.97. The van der Waals surface area contributed by atoms with Crippen LogP contribution in [0.1, 0.15) is 44.1 Å². The molecule has 3 heterocycles. The summed E-state index contributed by atoms with van der Waals surface area (Å²) in [4.78, 5) is 4.45. The molecule has 1 aliphatic heterocycles. The van der Waals surface area contributed by atoms with Crippen LogP contribution < -0.4 is 10.1 Å². The Labute approximate surface area is 163 Å². The molecule has 1 aliphatic rings. The third-order valence-electron chi connectivity index (χ3n) is 5.19. The first-order valence-corrected chi connectivity index (χ1v) is 9.37. The van der Waals surface area contributed by atoms with Gasteiger partial charge in [-0.15, -0.1) is 0 Å². The zero-order chi connectivity index (χ0) is 19.3. The molecule has 0 aliphatic carbocycles. The highest BCUT2D eigenvalue weighted by Crippen LogP contribution is 2.42. The van der Waals surface area contributed by atoms with Gasteiger partial charge in [0.25, 0.3) is 0 Å². The first kappa shape index (κ1) is 18.2. The number of hydrogen-bond donors (Lipinski definition) is 2. The molecule has 0 amide bonds. The van der Waals surface area contributed by atoms with Gasteiger partial charge >= 0.3 is 0 Å². The second kappa shape index (κ2) is 6.48. The van der Waals surface area contributed by atoms with E-state index in [1.165, 1.54) is 0 Å². The third kappa shape index (κ3) is 3.18. The number of aryl methyl sites for hydroxylation is 1. The van der Waals surface area contributed by atoms with Crippen molar-refractivity contribution in [2.45, 2.75) is 51.6 Å². The number of nitrogens with zero attached hydrogens (tertiary/aromatic N) is 3. The standard InChI is InChI=1S/C20H23ClN4O2/c1-11-8-17(21)24-15-9-14-16(10-13(11)15)27-20(3,4)19(26)18(14)23-12(2)25-7-5-6-22-25/h5-10,12,18-19,23,26H,1-4H3/t12?,18-,19+/m0/s1.